The molecule has 1 N–H and O–H groups in total. The van der Waals surface area contributed by atoms with Crippen molar-refractivity contribution in [1.29, 1.82) is 0 Å². The zero-order valence-electron chi connectivity index (χ0n) is 17.8. The van der Waals surface area contributed by atoms with E-state index in [1.807, 2.05) is 13.8 Å². The first-order valence-electron chi connectivity index (χ1n) is 9.89. The summed E-state index contributed by atoms with van der Waals surface area (Å²) in [6.07, 6.45) is 0. The quantitative estimate of drug-likeness (QED) is 0.340. The second-order valence-electron chi connectivity index (χ2n) is 7.68. The SMILES string of the molecule is Cc1ccc(NC(=O)COC(=O)c2nn(CC(C)C)c(=O)c3ccccc23)c([N+](=O)[O-])c1. The molecule has 0 fully saturated rings. The number of nitrogens with one attached hydrogen (secondary N) is 1. The summed E-state index contributed by atoms with van der Waals surface area (Å²) >= 11 is 0. The van der Waals surface area contributed by atoms with Crippen LogP contribution in [0.25, 0.3) is 10.8 Å². The van der Waals surface area contributed by atoms with Gasteiger partial charge in [-0.3, -0.25) is 19.7 Å². The van der Waals surface area contributed by atoms with Gasteiger partial charge in [0.25, 0.3) is 17.2 Å². The first-order valence-corrected chi connectivity index (χ1v) is 9.89. The van der Waals surface area contributed by atoms with Crippen molar-refractivity contribution in [3.8, 4) is 0 Å². The number of anilines is 1. The van der Waals surface area contributed by atoms with E-state index in [2.05, 4.69) is 10.4 Å². The molecule has 0 aliphatic heterocycles. The number of ether oxygens (including phenoxy) is 1. The number of hydrogen-bond acceptors (Lipinski definition) is 7. The molecule has 0 unspecified atom stereocenters. The van der Waals surface area contributed by atoms with E-state index in [0.717, 1.165) is 0 Å². The lowest BCUT2D eigenvalue weighted by Gasteiger charge is -2.12. The summed E-state index contributed by atoms with van der Waals surface area (Å²) < 4.78 is 6.30. The number of nitrogens with zero attached hydrogens (tertiary/aromatic N) is 3. The molecule has 10 heteroatoms. The van der Waals surface area contributed by atoms with Gasteiger partial charge in [0.2, 0.25) is 0 Å². The Morgan fingerprint density at radius 1 is 1.19 bits per heavy atom. The normalized spacial score (nSPS) is 10.9. The molecule has 3 aromatic rings. The highest BCUT2D eigenvalue weighted by Gasteiger charge is 2.21. The molecule has 166 valence electrons. The van der Waals surface area contributed by atoms with Gasteiger partial charge in [0.15, 0.2) is 12.3 Å². The molecule has 1 aromatic heterocycles. The van der Waals surface area contributed by atoms with Crippen molar-refractivity contribution in [3.05, 3.63) is 74.2 Å². The van der Waals surface area contributed by atoms with Gasteiger partial charge in [-0.25, -0.2) is 9.48 Å². The van der Waals surface area contributed by atoms with Crippen LogP contribution in [-0.2, 0) is 16.1 Å². The lowest BCUT2D eigenvalue weighted by atomic mass is 10.1. The highest BCUT2D eigenvalue weighted by Crippen LogP contribution is 2.25. The van der Waals surface area contributed by atoms with Crippen molar-refractivity contribution in [1.82, 2.24) is 9.78 Å². The molecule has 10 nitrogen and oxygen atoms in total. The van der Waals surface area contributed by atoms with Crippen molar-refractivity contribution in [2.75, 3.05) is 11.9 Å². The number of esters is 1. The summed E-state index contributed by atoms with van der Waals surface area (Å²) in [5, 5.41) is 18.4. The number of hydrogen-bond donors (Lipinski definition) is 1. The molecule has 0 bridgehead atoms. The van der Waals surface area contributed by atoms with Gasteiger partial charge >= 0.3 is 5.97 Å². The zero-order valence-corrected chi connectivity index (χ0v) is 17.8. The average Bonchev–Trinajstić information content (AvgIpc) is 2.75. The van der Waals surface area contributed by atoms with E-state index in [9.17, 15) is 24.5 Å². The third-order valence-electron chi connectivity index (χ3n) is 4.56. The zero-order chi connectivity index (χ0) is 23.4. The number of aryl methyl sites for hydroxylation is 1. The summed E-state index contributed by atoms with van der Waals surface area (Å²) in [5.74, 6) is -1.52. The van der Waals surface area contributed by atoms with E-state index in [1.165, 1.54) is 16.8 Å². The highest BCUT2D eigenvalue weighted by molar-refractivity contribution is 6.03. The van der Waals surface area contributed by atoms with Crippen LogP contribution >= 0.6 is 0 Å². The van der Waals surface area contributed by atoms with Gasteiger partial charge in [0, 0.05) is 18.0 Å². The van der Waals surface area contributed by atoms with Crippen LogP contribution < -0.4 is 10.9 Å². The molecule has 0 spiro atoms. The number of aromatic nitrogens is 2. The van der Waals surface area contributed by atoms with Crippen molar-refractivity contribution >= 4 is 34.0 Å². The minimum Gasteiger partial charge on any atom is -0.451 e. The third kappa shape index (κ3) is 4.97. The molecule has 0 saturated carbocycles. The van der Waals surface area contributed by atoms with Crippen molar-refractivity contribution < 1.29 is 19.2 Å². The fourth-order valence-corrected chi connectivity index (χ4v) is 3.14. The van der Waals surface area contributed by atoms with Crippen molar-refractivity contribution in [3.63, 3.8) is 0 Å². The van der Waals surface area contributed by atoms with Gasteiger partial charge in [0.05, 0.1) is 10.3 Å². The molecule has 0 atom stereocenters. The summed E-state index contributed by atoms with van der Waals surface area (Å²) in [4.78, 5) is 48.2. The molecule has 0 saturated heterocycles. The summed E-state index contributed by atoms with van der Waals surface area (Å²) in [6, 6.07) is 10.9. The molecular weight excluding hydrogens is 416 g/mol. The smallest absolute Gasteiger partial charge is 0.359 e. The molecule has 0 aliphatic rings. The van der Waals surface area contributed by atoms with Crippen molar-refractivity contribution in [2.24, 2.45) is 5.92 Å². The van der Waals surface area contributed by atoms with Crippen LogP contribution in [0.15, 0.2) is 47.3 Å². The standard InChI is InChI=1S/C22H22N4O6/c1-13(2)11-25-21(28)16-7-5-4-6-15(16)20(24-25)22(29)32-12-19(27)23-17-9-8-14(3)10-18(17)26(30)31/h4-10,13H,11-12H2,1-3H3,(H,23,27). The maximum atomic E-state index is 12.7. The Kier molecular flexibility index (Phi) is 6.62. The number of carbonyl (C=O) groups is 2. The lowest BCUT2D eigenvalue weighted by Crippen LogP contribution is -2.29. The fraction of sp³-hybridized carbons (Fsp3) is 0.273. The molecule has 3 rings (SSSR count). The van der Waals surface area contributed by atoms with Crippen LogP contribution in [0.2, 0.25) is 0 Å². The highest BCUT2D eigenvalue weighted by atomic mass is 16.6. The van der Waals surface area contributed by atoms with E-state index in [-0.39, 0.29) is 28.5 Å². The second-order valence-corrected chi connectivity index (χ2v) is 7.68. The largest absolute Gasteiger partial charge is 0.451 e. The molecular formula is C22H22N4O6. The lowest BCUT2D eigenvalue weighted by molar-refractivity contribution is -0.384. The molecule has 2 aromatic carbocycles. The van der Waals surface area contributed by atoms with Gasteiger partial charge in [-0.1, -0.05) is 38.1 Å². The first kappa shape index (κ1) is 22.6. The van der Waals surface area contributed by atoms with E-state index in [1.54, 1.807) is 37.3 Å². The first-order chi connectivity index (χ1) is 15.2. The van der Waals surface area contributed by atoms with Crippen LogP contribution in [0.4, 0.5) is 11.4 Å². The maximum absolute atomic E-state index is 12.7. The molecule has 0 radical (unpaired) electrons. The Labute approximate surface area is 183 Å². The summed E-state index contributed by atoms with van der Waals surface area (Å²) in [6.45, 7) is 5.15. The number of rotatable bonds is 7. The summed E-state index contributed by atoms with van der Waals surface area (Å²) in [5.41, 5.74) is -0.0188. The molecule has 1 amide bonds. The Morgan fingerprint density at radius 2 is 1.88 bits per heavy atom. The number of amides is 1. The number of carbonyl (C=O) groups excluding carboxylic acids is 2. The Bertz CT molecular complexity index is 1270. The summed E-state index contributed by atoms with van der Waals surface area (Å²) in [7, 11) is 0. The molecule has 32 heavy (non-hydrogen) atoms. The van der Waals surface area contributed by atoms with E-state index >= 15 is 0 Å². The monoisotopic (exact) mass is 438 g/mol. The number of benzene rings is 2. The maximum Gasteiger partial charge on any atom is 0.359 e. The van der Waals surface area contributed by atoms with Gasteiger partial charge in [-0.2, -0.15) is 5.10 Å². The van der Waals surface area contributed by atoms with Crippen LogP contribution in [-0.4, -0.2) is 33.2 Å². The predicted octanol–water partition coefficient (Wildman–Crippen LogP) is 3.06. The van der Waals surface area contributed by atoms with Crippen molar-refractivity contribution in [2.45, 2.75) is 27.3 Å². The second kappa shape index (κ2) is 9.38. The van der Waals surface area contributed by atoms with E-state index < -0.39 is 23.4 Å². The van der Waals surface area contributed by atoms with E-state index in [4.69, 9.17) is 4.74 Å². The Morgan fingerprint density at radius 3 is 2.53 bits per heavy atom. The fourth-order valence-electron chi connectivity index (χ4n) is 3.14. The predicted molar refractivity (Wildman–Crippen MR) is 118 cm³/mol. The topological polar surface area (TPSA) is 133 Å². The number of nitro benzene ring substituents is 1. The number of nitro groups is 1. The van der Waals surface area contributed by atoms with Gasteiger partial charge < -0.3 is 10.1 Å². The van der Waals surface area contributed by atoms with Crippen LogP contribution in [0.3, 0.4) is 0 Å². The van der Waals surface area contributed by atoms with Crippen LogP contribution in [0, 0.1) is 23.0 Å². The van der Waals surface area contributed by atoms with Crippen LogP contribution in [0.1, 0.15) is 29.9 Å². The third-order valence-corrected chi connectivity index (χ3v) is 4.56. The minimum absolute atomic E-state index is 0.00398. The van der Waals surface area contributed by atoms with Gasteiger partial charge in [-0.15, -0.1) is 0 Å². The molecule has 0 aliphatic carbocycles. The number of fused-ring (bicyclic) bond motifs is 1. The average molecular weight is 438 g/mol. The van der Waals surface area contributed by atoms with Crippen LogP contribution in [0.5, 0.6) is 0 Å². The van der Waals surface area contributed by atoms with Gasteiger partial charge in [0.1, 0.15) is 5.69 Å². The van der Waals surface area contributed by atoms with Gasteiger partial charge in [-0.05, 0) is 30.5 Å². The Hall–Kier alpha value is -4.08. The minimum atomic E-state index is -0.882. The molecule has 1 heterocycles. The van der Waals surface area contributed by atoms with E-state index in [0.29, 0.717) is 22.9 Å². The Balaban J connectivity index is 1.81.